The van der Waals surface area contributed by atoms with Crippen LogP contribution in [-0.4, -0.2) is 27.2 Å². The molecule has 0 unspecified atom stereocenters. The summed E-state index contributed by atoms with van der Waals surface area (Å²) in [4.78, 5) is 14.9. The van der Waals surface area contributed by atoms with E-state index < -0.39 is 5.97 Å². The molecule has 0 radical (unpaired) electrons. The highest BCUT2D eigenvalue weighted by Gasteiger charge is 2.09. The molecule has 0 amide bonds. The number of carbonyl (C=O) groups is 1. The number of aromatic nitrogens is 2. The van der Waals surface area contributed by atoms with Crippen LogP contribution in [0.2, 0.25) is 0 Å². The zero-order valence-electron chi connectivity index (χ0n) is 10.1. The third-order valence-corrected chi connectivity index (χ3v) is 3.25. The van der Waals surface area contributed by atoms with Crippen molar-refractivity contribution in [3.05, 3.63) is 47.0 Å². The van der Waals surface area contributed by atoms with Crippen LogP contribution in [0.5, 0.6) is 5.75 Å². The molecule has 0 aliphatic rings. The smallest absolute Gasteiger partial charge is 0.336 e. The van der Waals surface area contributed by atoms with E-state index in [1.807, 2.05) is 10.8 Å². The molecule has 0 atom stereocenters. The Morgan fingerprint density at radius 2 is 2.32 bits per heavy atom. The van der Waals surface area contributed by atoms with Crippen LogP contribution < -0.4 is 4.74 Å². The number of carboxylic acid groups (broad SMARTS) is 1. The van der Waals surface area contributed by atoms with Gasteiger partial charge in [-0.1, -0.05) is 0 Å². The van der Waals surface area contributed by atoms with Gasteiger partial charge in [-0.15, -0.1) is 0 Å². The summed E-state index contributed by atoms with van der Waals surface area (Å²) in [6, 6.07) is 4.94. The van der Waals surface area contributed by atoms with Crippen LogP contribution in [0.25, 0.3) is 0 Å². The van der Waals surface area contributed by atoms with E-state index in [0.29, 0.717) is 16.8 Å². The number of rotatable bonds is 6. The number of benzene rings is 1. The minimum atomic E-state index is -0.976. The summed E-state index contributed by atoms with van der Waals surface area (Å²) in [5.74, 6) is -0.415. The fourth-order valence-corrected chi connectivity index (χ4v) is 2.03. The normalized spacial score (nSPS) is 10.4. The number of imidazole rings is 1. The summed E-state index contributed by atoms with van der Waals surface area (Å²) < 4.78 is 8.05. The number of halogens is 1. The van der Waals surface area contributed by atoms with E-state index >= 15 is 0 Å². The largest absolute Gasteiger partial charge is 0.494 e. The van der Waals surface area contributed by atoms with Gasteiger partial charge in [0.25, 0.3) is 0 Å². The van der Waals surface area contributed by atoms with Crippen molar-refractivity contribution in [3.8, 4) is 5.75 Å². The lowest BCUT2D eigenvalue weighted by atomic mass is 10.2. The maximum absolute atomic E-state index is 11.0. The Morgan fingerprint density at radius 3 is 3.00 bits per heavy atom. The van der Waals surface area contributed by atoms with Crippen molar-refractivity contribution in [1.29, 1.82) is 0 Å². The average molecular weight is 325 g/mol. The highest BCUT2D eigenvalue weighted by atomic mass is 79.9. The molecular formula is C13H13BrN2O3. The predicted molar refractivity (Wildman–Crippen MR) is 73.4 cm³/mol. The first-order valence-electron chi connectivity index (χ1n) is 5.78. The lowest BCUT2D eigenvalue weighted by molar-refractivity contribution is 0.0695. The summed E-state index contributed by atoms with van der Waals surface area (Å²) in [6.45, 7) is 1.35. The van der Waals surface area contributed by atoms with Crippen molar-refractivity contribution in [2.24, 2.45) is 0 Å². The highest BCUT2D eigenvalue weighted by molar-refractivity contribution is 9.10. The molecule has 1 N–H and O–H groups in total. The fraction of sp³-hybridized carbons (Fsp3) is 0.231. The first-order chi connectivity index (χ1) is 9.16. The number of ether oxygens (including phenoxy) is 1. The number of aryl methyl sites for hydroxylation is 1. The molecule has 1 aromatic carbocycles. The Balaban J connectivity index is 1.86. The van der Waals surface area contributed by atoms with E-state index in [1.165, 1.54) is 6.07 Å². The Bertz CT molecular complexity index is 555. The van der Waals surface area contributed by atoms with Crippen LogP contribution >= 0.6 is 15.9 Å². The topological polar surface area (TPSA) is 64.3 Å². The molecule has 0 aliphatic carbocycles. The van der Waals surface area contributed by atoms with Gasteiger partial charge in [0, 0.05) is 23.4 Å². The molecule has 0 bridgehead atoms. The van der Waals surface area contributed by atoms with Gasteiger partial charge in [0.05, 0.1) is 18.5 Å². The quantitative estimate of drug-likeness (QED) is 0.830. The van der Waals surface area contributed by atoms with Gasteiger partial charge in [-0.25, -0.2) is 9.78 Å². The van der Waals surface area contributed by atoms with Gasteiger partial charge >= 0.3 is 5.97 Å². The van der Waals surface area contributed by atoms with E-state index in [2.05, 4.69) is 20.9 Å². The molecule has 0 spiro atoms. The molecular weight excluding hydrogens is 312 g/mol. The number of hydrogen-bond donors (Lipinski definition) is 1. The number of carboxylic acids is 1. The summed E-state index contributed by atoms with van der Waals surface area (Å²) in [5.41, 5.74) is 0.201. The van der Waals surface area contributed by atoms with Crippen molar-refractivity contribution in [2.75, 3.05) is 6.61 Å². The van der Waals surface area contributed by atoms with Crippen molar-refractivity contribution in [3.63, 3.8) is 0 Å². The second kappa shape index (κ2) is 6.38. The Labute approximate surface area is 119 Å². The fourth-order valence-electron chi connectivity index (χ4n) is 1.61. The van der Waals surface area contributed by atoms with Crippen LogP contribution in [0.4, 0.5) is 0 Å². The summed E-state index contributed by atoms with van der Waals surface area (Å²) in [7, 11) is 0. The predicted octanol–water partition coefficient (Wildman–Crippen LogP) is 2.81. The number of aromatic carboxylic acids is 1. The molecule has 0 aliphatic heterocycles. The molecule has 0 saturated carbocycles. The highest BCUT2D eigenvalue weighted by Crippen LogP contribution is 2.22. The maximum atomic E-state index is 11.0. The van der Waals surface area contributed by atoms with E-state index in [0.717, 1.165) is 13.0 Å². The molecule has 6 heteroatoms. The Hall–Kier alpha value is -1.82. The third-order valence-electron chi connectivity index (χ3n) is 2.56. The van der Waals surface area contributed by atoms with Gasteiger partial charge in [-0.05, 0) is 40.5 Å². The van der Waals surface area contributed by atoms with Gasteiger partial charge in [0.2, 0.25) is 0 Å². The second-order valence-electron chi connectivity index (χ2n) is 3.95. The molecule has 0 saturated heterocycles. The number of nitrogens with zero attached hydrogens (tertiary/aromatic N) is 2. The summed E-state index contributed by atoms with van der Waals surface area (Å²) in [5, 5.41) is 8.99. The zero-order valence-corrected chi connectivity index (χ0v) is 11.7. The first-order valence-corrected chi connectivity index (χ1v) is 6.57. The van der Waals surface area contributed by atoms with Gasteiger partial charge < -0.3 is 14.4 Å². The zero-order chi connectivity index (χ0) is 13.7. The minimum absolute atomic E-state index is 0.201. The molecule has 1 heterocycles. The van der Waals surface area contributed by atoms with E-state index in [1.54, 1.807) is 24.7 Å². The van der Waals surface area contributed by atoms with E-state index in [-0.39, 0.29) is 5.56 Å². The van der Waals surface area contributed by atoms with Crippen molar-refractivity contribution < 1.29 is 14.6 Å². The molecule has 0 fully saturated rings. The molecule has 1 aromatic heterocycles. The van der Waals surface area contributed by atoms with Gasteiger partial charge in [-0.2, -0.15) is 0 Å². The van der Waals surface area contributed by atoms with Crippen molar-refractivity contribution in [1.82, 2.24) is 9.55 Å². The maximum Gasteiger partial charge on any atom is 0.336 e. The van der Waals surface area contributed by atoms with Crippen LogP contribution in [-0.2, 0) is 6.54 Å². The van der Waals surface area contributed by atoms with Gasteiger partial charge in [0.15, 0.2) is 0 Å². The Kier molecular flexibility index (Phi) is 4.57. The lowest BCUT2D eigenvalue weighted by Crippen LogP contribution is -2.04. The third kappa shape index (κ3) is 3.82. The second-order valence-corrected chi connectivity index (χ2v) is 4.80. The molecule has 2 rings (SSSR count). The first kappa shape index (κ1) is 13.6. The molecule has 100 valence electrons. The lowest BCUT2D eigenvalue weighted by Gasteiger charge is -2.08. The van der Waals surface area contributed by atoms with Crippen molar-refractivity contribution >= 4 is 21.9 Å². The minimum Gasteiger partial charge on any atom is -0.494 e. The standard InChI is InChI=1S/C13H13BrN2O3/c14-12-3-2-10(8-11(12)13(17)18)19-7-1-5-16-6-4-15-9-16/h2-4,6,8-9H,1,5,7H2,(H,17,18). The SMILES string of the molecule is O=C(O)c1cc(OCCCn2ccnc2)ccc1Br. The average Bonchev–Trinajstić information content (AvgIpc) is 2.89. The number of hydrogen-bond acceptors (Lipinski definition) is 3. The van der Waals surface area contributed by atoms with Crippen molar-refractivity contribution in [2.45, 2.75) is 13.0 Å². The van der Waals surface area contributed by atoms with Gasteiger partial charge in [-0.3, -0.25) is 0 Å². The van der Waals surface area contributed by atoms with E-state index in [4.69, 9.17) is 9.84 Å². The van der Waals surface area contributed by atoms with Gasteiger partial charge in [0.1, 0.15) is 5.75 Å². The van der Waals surface area contributed by atoms with E-state index in [9.17, 15) is 4.79 Å². The van der Waals surface area contributed by atoms with Crippen LogP contribution in [0.1, 0.15) is 16.8 Å². The molecule has 19 heavy (non-hydrogen) atoms. The van der Waals surface area contributed by atoms with Crippen LogP contribution in [0, 0.1) is 0 Å². The molecule has 5 nitrogen and oxygen atoms in total. The summed E-state index contributed by atoms with van der Waals surface area (Å²) >= 11 is 3.19. The monoisotopic (exact) mass is 324 g/mol. The van der Waals surface area contributed by atoms with Crippen LogP contribution in [0.15, 0.2) is 41.4 Å². The Morgan fingerprint density at radius 1 is 1.47 bits per heavy atom. The molecule has 2 aromatic rings. The van der Waals surface area contributed by atoms with Crippen LogP contribution in [0.3, 0.4) is 0 Å². The summed E-state index contributed by atoms with van der Waals surface area (Å²) in [6.07, 6.45) is 6.20.